The maximum atomic E-state index is 12.4. The maximum absolute atomic E-state index is 12.4. The fourth-order valence-electron chi connectivity index (χ4n) is 2.13. The minimum Gasteiger partial charge on any atom is -0.339 e. The summed E-state index contributed by atoms with van der Waals surface area (Å²) in [5, 5.41) is 5.12. The first kappa shape index (κ1) is 14.5. The van der Waals surface area contributed by atoms with Gasteiger partial charge in [0.2, 0.25) is 10.0 Å². The zero-order chi connectivity index (χ0) is 14.2. The minimum atomic E-state index is -3.82. The van der Waals surface area contributed by atoms with Gasteiger partial charge in [-0.25, -0.2) is 13.6 Å². The van der Waals surface area contributed by atoms with Crippen molar-refractivity contribution in [3.05, 3.63) is 27.7 Å². The van der Waals surface area contributed by atoms with Crippen LogP contribution in [0.5, 0.6) is 0 Å². The average molecular weight is 347 g/mol. The van der Waals surface area contributed by atoms with Crippen LogP contribution < -0.4 is 5.14 Å². The van der Waals surface area contributed by atoms with Gasteiger partial charge in [0.15, 0.2) is 0 Å². The molecule has 1 amide bonds. The van der Waals surface area contributed by atoms with Gasteiger partial charge in [-0.3, -0.25) is 4.79 Å². The molecule has 1 aliphatic heterocycles. The first-order valence-corrected chi connectivity index (χ1v) is 8.27. The highest BCUT2D eigenvalue weighted by molar-refractivity contribution is 9.10. The largest absolute Gasteiger partial charge is 0.339 e. The molecule has 1 aromatic rings. The standard InChI is InChI=1S/C12H15BrN2O3S/c1-8-10(12(16)15-4-2-3-5-15)6-9(7-11(8)13)19(14,17)18/h6-7H,2-5H2,1H3,(H2,14,17,18). The van der Waals surface area contributed by atoms with E-state index in [9.17, 15) is 13.2 Å². The quantitative estimate of drug-likeness (QED) is 0.883. The number of nitrogens with two attached hydrogens (primary N) is 1. The summed E-state index contributed by atoms with van der Waals surface area (Å²) in [6, 6.07) is 2.78. The summed E-state index contributed by atoms with van der Waals surface area (Å²) in [7, 11) is -3.82. The highest BCUT2D eigenvalue weighted by Gasteiger charge is 2.23. The Bertz CT molecular complexity index is 622. The van der Waals surface area contributed by atoms with Gasteiger partial charge >= 0.3 is 0 Å². The van der Waals surface area contributed by atoms with Crippen LogP contribution >= 0.6 is 15.9 Å². The molecule has 0 unspecified atom stereocenters. The Balaban J connectivity index is 2.50. The van der Waals surface area contributed by atoms with Crippen molar-refractivity contribution in [1.82, 2.24) is 4.90 Å². The minimum absolute atomic E-state index is 0.0486. The molecule has 0 aromatic heterocycles. The predicted molar refractivity (Wildman–Crippen MR) is 75.4 cm³/mol. The molecule has 1 fully saturated rings. The smallest absolute Gasteiger partial charge is 0.254 e. The zero-order valence-corrected chi connectivity index (χ0v) is 12.9. The Hall–Kier alpha value is -0.920. The molecule has 2 N–H and O–H groups in total. The third-order valence-corrected chi connectivity index (χ3v) is 4.99. The number of likely N-dealkylation sites (tertiary alicyclic amines) is 1. The van der Waals surface area contributed by atoms with Gasteiger partial charge in [0.1, 0.15) is 0 Å². The summed E-state index contributed by atoms with van der Waals surface area (Å²) in [5.41, 5.74) is 1.12. The molecule has 1 heterocycles. The molecule has 0 atom stereocenters. The third-order valence-electron chi connectivity index (χ3n) is 3.27. The van der Waals surface area contributed by atoms with Crippen molar-refractivity contribution < 1.29 is 13.2 Å². The summed E-state index contributed by atoms with van der Waals surface area (Å²) in [6.45, 7) is 3.21. The molecular weight excluding hydrogens is 332 g/mol. The number of carbonyl (C=O) groups excluding carboxylic acids is 1. The van der Waals surface area contributed by atoms with E-state index in [1.54, 1.807) is 11.8 Å². The fraction of sp³-hybridized carbons (Fsp3) is 0.417. The Morgan fingerprint density at radius 2 is 1.89 bits per heavy atom. The Morgan fingerprint density at radius 3 is 2.42 bits per heavy atom. The molecule has 1 saturated heterocycles. The summed E-state index contributed by atoms with van der Waals surface area (Å²) in [6.07, 6.45) is 1.97. The van der Waals surface area contributed by atoms with E-state index in [1.165, 1.54) is 12.1 Å². The van der Waals surface area contributed by atoms with Crippen LogP contribution in [0.1, 0.15) is 28.8 Å². The number of primary sulfonamides is 1. The van der Waals surface area contributed by atoms with Crippen LogP contribution in [0, 0.1) is 6.92 Å². The van der Waals surface area contributed by atoms with E-state index in [1.807, 2.05) is 0 Å². The monoisotopic (exact) mass is 346 g/mol. The lowest BCUT2D eigenvalue weighted by atomic mass is 10.1. The van der Waals surface area contributed by atoms with Crippen molar-refractivity contribution in [1.29, 1.82) is 0 Å². The highest BCUT2D eigenvalue weighted by Crippen LogP contribution is 2.26. The Labute approximate surface area is 121 Å². The molecule has 1 aromatic carbocycles. The van der Waals surface area contributed by atoms with E-state index < -0.39 is 10.0 Å². The van der Waals surface area contributed by atoms with E-state index in [2.05, 4.69) is 15.9 Å². The molecule has 0 saturated carbocycles. The van der Waals surface area contributed by atoms with Crippen LogP contribution in [-0.4, -0.2) is 32.3 Å². The molecular formula is C12H15BrN2O3S. The Morgan fingerprint density at radius 1 is 1.32 bits per heavy atom. The number of halogens is 1. The van der Waals surface area contributed by atoms with E-state index in [0.29, 0.717) is 10.0 Å². The SMILES string of the molecule is Cc1c(Br)cc(S(N)(=O)=O)cc1C(=O)N1CCCC1. The lowest BCUT2D eigenvalue weighted by molar-refractivity contribution is 0.0792. The Kier molecular flexibility index (Phi) is 3.98. The summed E-state index contributed by atoms with van der Waals surface area (Å²) in [4.78, 5) is 14.1. The van der Waals surface area contributed by atoms with Gasteiger partial charge in [-0.15, -0.1) is 0 Å². The number of benzene rings is 1. The van der Waals surface area contributed by atoms with Crippen LogP contribution in [0.3, 0.4) is 0 Å². The molecule has 7 heteroatoms. The van der Waals surface area contributed by atoms with Crippen molar-refractivity contribution in [3.8, 4) is 0 Å². The number of amides is 1. The predicted octanol–water partition coefficient (Wildman–Crippen LogP) is 1.64. The van der Waals surface area contributed by atoms with Crippen molar-refractivity contribution in [2.45, 2.75) is 24.7 Å². The summed E-state index contributed by atoms with van der Waals surface area (Å²) in [5.74, 6) is -0.138. The van der Waals surface area contributed by atoms with E-state index in [4.69, 9.17) is 5.14 Å². The number of carbonyl (C=O) groups is 1. The normalized spacial score (nSPS) is 15.8. The number of sulfonamides is 1. The van der Waals surface area contributed by atoms with Crippen molar-refractivity contribution in [3.63, 3.8) is 0 Å². The number of hydrogen-bond donors (Lipinski definition) is 1. The lowest BCUT2D eigenvalue weighted by Gasteiger charge is -2.18. The molecule has 0 spiro atoms. The molecule has 2 rings (SSSR count). The van der Waals surface area contributed by atoms with Crippen LogP contribution in [0.15, 0.2) is 21.5 Å². The van der Waals surface area contributed by atoms with Gasteiger partial charge in [-0.2, -0.15) is 0 Å². The van der Waals surface area contributed by atoms with Gasteiger partial charge in [0.25, 0.3) is 5.91 Å². The maximum Gasteiger partial charge on any atom is 0.254 e. The van der Waals surface area contributed by atoms with Gasteiger partial charge in [0.05, 0.1) is 4.90 Å². The molecule has 19 heavy (non-hydrogen) atoms. The number of nitrogens with zero attached hydrogens (tertiary/aromatic N) is 1. The van der Waals surface area contributed by atoms with Gasteiger partial charge in [-0.1, -0.05) is 15.9 Å². The first-order valence-electron chi connectivity index (χ1n) is 5.93. The lowest BCUT2D eigenvalue weighted by Crippen LogP contribution is -2.28. The molecule has 1 aliphatic rings. The summed E-state index contributed by atoms with van der Waals surface area (Å²) < 4.78 is 23.4. The van der Waals surface area contributed by atoms with Crippen molar-refractivity contribution in [2.75, 3.05) is 13.1 Å². The molecule has 5 nitrogen and oxygen atoms in total. The molecule has 0 radical (unpaired) electrons. The van der Waals surface area contributed by atoms with Gasteiger partial charge in [-0.05, 0) is 37.5 Å². The van der Waals surface area contributed by atoms with Gasteiger partial charge < -0.3 is 4.90 Å². The van der Waals surface area contributed by atoms with Crippen LogP contribution in [0.4, 0.5) is 0 Å². The number of rotatable bonds is 2. The van der Waals surface area contributed by atoms with Crippen LogP contribution in [0.25, 0.3) is 0 Å². The van der Waals surface area contributed by atoms with E-state index in [-0.39, 0.29) is 10.8 Å². The van der Waals surface area contributed by atoms with Crippen LogP contribution in [-0.2, 0) is 10.0 Å². The second-order valence-electron chi connectivity index (χ2n) is 4.62. The molecule has 0 bridgehead atoms. The zero-order valence-electron chi connectivity index (χ0n) is 10.5. The topological polar surface area (TPSA) is 80.5 Å². The first-order chi connectivity index (χ1) is 8.80. The second kappa shape index (κ2) is 5.22. The second-order valence-corrected chi connectivity index (χ2v) is 7.04. The highest BCUT2D eigenvalue weighted by atomic mass is 79.9. The molecule has 0 aliphatic carbocycles. The van der Waals surface area contributed by atoms with Crippen LogP contribution in [0.2, 0.25) is 0 Å². The van der Waals surface area contributed by atoms with E-state index in [0.717, 1.165) is 31.5 Å². The van der Waals surface area contributed by atoms with Crippen molar-refractivity contribution >= 4 is 31.9 Å². The number of hydrogen-bond acceptors (Lipinski definition) is 3. The molecule has 104 valence electrons. The summed E-state index contributed by atoms with van der Waals surface area (Å²) >= 11 is 3.28. The van der Waals surface area contributed by atoms with Gasteiger partial charge in [0, 0.05) is 23.1 Å². The third kappa shape index (κ3) is 2.98. The van der Waals surface area contributed by atoms with Crippen molar-refractivity contribution in [2.24, 2.45) is 5.14 Å². The fourth-order valence-corrected chi connectivity index (χ4v) is 3.31. The van der Waals surface area contributed by atoms with E-state index >= 15 is 0 Å². The average Bonchev–Trinajstić information content (AvgIpc) is 2.83.